The Labute approximate surface area is 212 Å². The fourth-order valence-corrected chi connectivity index (χ4v) is 10.5. The minimum atomic E-state index is 0. The van der Waals surface area contributed by atoms with Crippen molar-refractivity contribution >= 4 is 0 Å². The van der Waals surface area contributed by atoms with E-state index in [1.165, 1.54) is 64.2 Å². The molecule has 1 aliphatic heterocycles. The van der Waals surface area contributed by atoms with Gasteiger partial charge in [0.2, 0.25) is 0 Å². The van der Waals surface area contributed by atoms with Gasteiger partial charge in [0, 0.05) is 6.04 Å². The van der Waals surface area contributed by atoms with Crippen LogP contribution in [0.4, 0.5) is 0 Å². The van der Waals surface area contributed by atoms with Crippen LogP contribution in [0.3, 0.4) is 0 Å². The fourth-order valence-electron chi connectivity index (χ4n) is 10.5. The van der Waals surface area contributed by atoms with Crippen LogP contribution in [-0.2, 0) is 4.74 Å². The summed E-state index contributed by atoms with van der Waals surface area (Å²) in [6.07, 6.45) is 14.2. The van der Waals surface area contributed by atoms with Crippen molar-refractivity contribution < 1.29 is 4.74 Å². The lowest BCUT2D eigenvalue weighted by atomic mass is 9.43. The largest absolute Gasteiger partial charge is 0.367 e. The van der Waals surface area contributed by atoms with Crippen molar-refractivity contribution in [3.8, 4) is 0 Å². The standard InChI is InChI=1S/C31H53NO.CH4/c1-20(10-13-26-28(4,5)33-26)21-14-18-31(8)23-11-12-24-27(2,3)25(32-9)16-17-29(24,6)22(23)15-19-30(21,31)7;/h20-21,24-26,32H,10-19H2,1-9H3;1H4. The lowest BCUT2D eigenvalue weighted by Gasteiger charge is -2.62. The summed E-state index contributed by atoms with van der Waals surface area (Å²) in [6.45, 7) is 20.3. The van der Waals surface area contributed by atoms with Gasteiger partial charge in [-0.25, -0.2) is 0 Å². The number of epoxide rings is 1. The molecule has 5 rings (SSSR count). The minimum Gasteiger partial charge on any atom is -0.367 e. The molecule has 0 aromatic heterocycles. The van der Waals surface area contributed by atoms with Gasteiger partial charge in [-0.3, -0.25) is 0 Å². The van der Waals surface area contributed by atoms with Crippen LogP contribution in [0.25, 0.3) is 0 Å². The van der Waals surface area contributed by atoms with Crippen LogP contribution in [-0.4, -0.2) is 24.8 Å². The van der Waals surface area contributed by atoms with E-state index in [9.17, 15) is 0 Å². The number of fused-ring (bicyclic) bond motifs is 4. The van der Waals surface area contributed by atoms with Crippen molar-refractivity contribution in [2.24, 2.45) is 39.4 Å². The molecular formula is C32H57NO. The first-order chi connectivity index (χ1) is 15.3. The van der Waals surface area contributed by atoms with E-state index >= 15 is 0 Å². The van der Waals surface area contributed by atoms with Gasteiger partial charge in [-0.15, -0.1) is 0 Å². The number of ether oxygens (including phenoxy) is 1. The van der Waals surface area contributed by atoms with Gasteiger partial charge in [0.25, 0.3) is 0 Å². The van der Waals surface area contributed by atoms with Gasteiger partial charge in [0.15, 0.2) is 0 Å². The molecule has 34 heavy (non-hydrogen) atoms. The van der Waals surface area contributed by atoms with E-state index < -0.39 is 0 Å². The molecule has 8 unspecified atom stereocenters. The summed E-state index contributed by atoms with van der Waals surface area (Å²) in [4.78, 5) is 0. The topological polar surface area (TPSA) is 24.6 Å². The fraction of sp³-hybridized carbons (Fsp3) is 0.938. The number of allylic oxidation sites excluding steroid dienone is 2. The molecule has 4 aliphatic carbocycles. The van der Waals surface area contributed by atoms with Gasteiger partial charge in [-0.2, -0.15) is 0 Å². The van der Waals surface area contributed by atoms with Crippen molar-refractivity contribution in [2.75, 3.05) is 7.05 Å². The lowest BCUT2D eigenvalue weighted by Crippen LogP contribution is -2.57. The Kier molecular flexibility index (Phi) is 6.55. The van der Waals surface area contributed by atoms with E-state index in [1.807, 2.05) is 11.1 Å². The third-order valence-electron chi connectivity index (χ3n) is 12.9. The third kappa shape index (κ3) is 3.54. The van der Waals surface area contributed by atoms with Gasteiger partial charge in [-0.1, -0.05) is 60.1 Å². The van der Waals surface area contributed by atoms with Gasteiger partial charge >= 0.3 is 0 Å². The number of hydrogen-bond acceptors (Lipinski definition) is 2. The normalized spacial score (nSPS) is 47.2. The second kappa shape index (κ2) is 8.34. The number of nitrogens with one attached hydrogen (secondary N) is 1. The molecule has 1 N–H and O–H groups in total. The minimum absolute atomic E-state index is 0. The molecule has 1 saturated heterocycles. The van der Waals surface area contributed by atoms with Crippen LogP contribution in [0.1, 0.15) is 127 Å². The first kappa shape index (κ1) is 26.7. The van der Waals surface area contributed by atoms with Gasteiger partial charge < -0.3 is 10.1 Å². The smallest absolute Gasteiger partial charge is 0.0892 e. The highest BCUT2D eigenvalue weighted by Crippen LogP contribution is 2.72. The second-order valence-corrected chi connectivity index (χ2v) is 14.8. The highest BCUT2D eigenvalue weighted by molar-refractivity contribution is 5.38. The Balaban J connectivity index is 0.00000274. The summed E-state index contributed by atoms with van der Waals surface area (Å²) in [5.74, 6) is 2.51. The summed E-state index contributed by atoms with van der Waals surface area (Å²) in [5.41, 5.74) is 5.73. The molecule has 2 heteroatoms. The van der Waals surface area contributed by atoms with Crippen molar-refractivity contribution in [1.29, 1.82) is 0 Å². The van der Waals surface area contributed by atoms with Crippen LogP contribution in [0.15, 0.2) is 11.1 Å². The Morgan fingerprint density at radius 3 is 2.21 bits per heavy atom. The molecular weight excluding hydrogens is 414 g/mol. The summed E-state index contributed by atoms with van der Waals surface area (Å²) < 4.78 is 5.92. The molecule has 0 radical (unpaired) electrons. The predicted molar refractivity (Wildman–Crippen MR) is 146 cm³/mol. The maximum atomic E-state index is 5.92. The Morgan fingerprint density at radius 2 is 1.59 bits per heavy atom. The van der Waals surface area contributed by atoms with Crippen LogP contribution < -0.4 is 5.32 Å². The zero-order chi connectivity index (χ0) is 24.0. The number of hydrogen-bond donors (Lipinski definition) is 1. The molecule has 0 bridgehead atoms. The van der Waals surface area contributed by atoms with E-state index in [-0.39, 0.29) is 13.0 Å². The molecule has 2 nitrogen and oxygen atoms in total. The number of rotatable bonds is 5. The highest BCUT2D eigenvalue weighted by Gasteiger charge is 2.63. The summed E-state index contributed by atoms with van der Waals surface area (Å²) >= 11 is 0. The lowest BCUT2D eigenvalue weighted by molar-refractivity contribution is -0.0367. The first-order valence-corrected chi connectivity index (χ1v) is 14.4. The van der Waals surface area contributed by atoms with E-state index in [4.69, 9.17) is 4.74 Å². The maximum absolute atomic E-state index is 5.92. The van der Waals surface area contributed by atoms with E-state index in [2.05, 4.69) is 67.8 Å². The predicted octanol–water partition coefficient (Wildman–Crippen LogP) is 8.55. The molecule has 3 fully saturated rings. The zero-order valence-electron chi connectivity index (χ0n) is 23.4. The van der Waals surface area contributed by atoms with E-state index in [0.717, 1.165) is 17.8 Å². The quantitative estimate of drug-likeness (QED) is 0.321. The van der Waals surface area contributed by atoms with E-state index in [0.29, 0.717) is 33.8 Å². The highest BCUT2D eigenvalue weighted by atomic mass is 16.6. The monoisotopic (exact) mass is 471 g/mol. The molecule has 0 aromatic carbocycles. The van der Waals surface area contributed by atoms with Gasteiger partial charge in [-0.05, 0) is 125 Å². The van der Waals surface area contributed by atoms with E-state index in [1.54, 1.807) is 0 Å². The molecule has 196 valence electrons. The molecule has 0 spiro atoms. The van der Waals surface area contributed by atoms with Crippen LogP contribution in [0.5, 0.6) is 0 Å². The molecule has 5 aliphatic rings. The van der Waals surface area contributed by atoms with Gasteiger partial charge in [0.1, 0.15) is 0 Å². The molecule has 0 amide bonds. The van der Waals surface area contributed by atoms with Crippen molar-refractivity contribution in [3.63, 3.8) is 0 Å². The zero-order valence-corrected chi connectivity index (χ0v) is 23.4. The maximum Gasteiger partial charge on any atom is 0.0892 e. The van der Waals surface area contributed by atoms with Gasteiger partial charge in [0.05, 0.1) is 11.7 Å². The molecule has 1 heterocycles. The van der Waals surface area contributed by atoms with Crippen molar-refractivity contribution in [2.45, 2.75) is 145 Å². The Bertz CT molecular complexity index is 825. The summed E-state index contributed by atoms with van der Waals surface area (Å²) in [7, 11) is 2.19. The van der Waals surface area contributed by atoms with Crippen LogP contribution >= 0.6 is 0 Å². The third-order valence-corrected chi connectivity index (χ3v) is 12.9. The second-order valence-electron chi connectivity index (χ2n) is 14.8. The van der Waals surface area contributed by atoms with Crippen molar-refractivity contribution in [1.82, 2.24) is 5.32 Å². The van der Waals surface area contributed by atoms with Crippen LogP contribution in [0, 0.1) is 39.4 Å². The summed E-state index contributed by atoms with van der Waals surface area (Å²) in [5, 5.41) is 3.69. The SMILES string of the molecule is C.CNC1CCC2(C)C3=C(CCC2C1(C)C)C1(C)CCC(C(C)CCC2OC2(C)C)C1(C)CC3. The average molecular weight is 472 g/mol. The van der Waals surface area contributed by atoms with Crippen LogP contribution in [0.2, 0.25) is 0 Å². The first-order valence-electron chi connectivity index (χ1n) is 14.4. The summed E-state index contributed by atoms with van der Waals surface area (Å²) in [6, 6.07) is 0.666. The molecule has 2 saturated carbocycles. The molecule has 0 aromatic rings. The van der Waals surface area contributed by atoms with Crippen molar-refractivity contribution in [3.05, 3.63) is 11.1 Å². The Morgan fingerprint density at radius 1 is 0.912 bits per heavy atom. The Hall–Kier alpha value is -0.340. The molecule has 8 atom stereocenters. The average Bonchev–Trinajstić information content (AvgIpc) is 3.24.